The van der Waals surface area contributed by atoms with Crippen molar-refractivity contribution in [2.24, 2.45) is 10.7 Å². The number of nitrogens with one attached hydrogen (secondary N) is 1. The molecule has 0 atom stereocenters. The molecule has 0 bridgehead atoms. The van der Waals surface area contributed by atoms with Crippen LogP contribution in [-0.2, 0) is 0 Å². The Morgan fingerprint density at radius 1 is 1.21 bits per heavy atom. The minimum absolute atomic E-state index is 0. The van der Waals surface area contributed by atoms with Gasteiger partial charge in [0.25, 0.3) is 0 Å². The summed E-state index contributed by atoms with van der Waals surface area (Å²) >= 11 is 0. The highest BCUT2D eigenvalue weighted by molar-refractivity contribution is 5.96. The largest absolute Gasteiger partial charge is 0.494 e. The molecule has 2 aromatic carbocycles. The van der Waals surface area contributed by atoms with E-state index in [2.05, 4.69) is 20.3 Å². The van der Waals surface area contributed by atoms with Gasteiger partial charge in [0, 0.05) is 37.0 Å². The molecule has 0 amide bonds. The molecular weight excluding hydrogens is 359 g/mol. The van der Waals surface area contributed by atoms with E-state index in [0.29, 0.717) is 23.6 Å². The van der Waals surface area contributed by atoms with Gasteiger partial charge >= 0.3 is 0 Å². The summed E-state index contributed by atoms with van der Waals surface area (Å²) in [5.74, 6) is 0.976. The van der Waals surface area contributed by atoms with Crippen molar-refractivity contribution in [3.63, 3.8) is 0 Å². The second-order valence-electron chi connectivity index (χ2n) is 5.79. The van der Waals surface area contributed by atoms with E-state index in [9.17, 15) is 4.39 Å². The maximum atomic E-state index is 13.3. The molecule has 0 aliphatic carbocycles. The van der Waals surface area contributed by atoms with E-state index in [1.165, 1.54) is 24.7 Å². The number of nitrogens with zero attached hydrogens (tertiary/aromatic N) is 3. The van der Waals surface area contributed by atoms with Gasteiger partial charge in [0.1, 0.15) is 29.2 Å². The summed E-state index contributed by atoms with van der Waals surface area (Å²) in [4.78, 5) is 12.7. The average molecular weight is 382 g/mol. The SMILES string of the molecule is CN=C/C(=C\N)CNc1ncnc2c(OC)cc(-c3ccc(F)cc3)cc12.N. The van der Waals surface area contributed by atoms with Gasteiger partial charge in [-0.3, -0.25) is 4.99 Å². The molecule has 0 unspecified atom stereocenters. The van der Waals surface area contributed by atoms with E-state index in [-0.39, 0.29) is 12.0 Å². The molecule has 6 N–H and O–H groups in total. The van der Waals surface area contributed by atoms with Gasteiger partial charge in [0.15, 0.2) is 0 Å². The average Bonchev–Trinajstić information content (AvgIpc) is 2.70. The molecule has 0 radical (unpaired) electrons. The van der Waals surface area contributed by atoms with E-state index < -0.39 is 0 Å². The molecule has 0 saturated carbocycles. The summed E-state index contributed by atoms with van der Waals surface area (Å²) in [6.07, 6.45) is 4.65. The van der Waals surface area contributed by atoms with E-state index >= 15 is 0 Å². The van der Waals surface area contributed by atoms with Crippen LogP contribution in [0.25, 0.3) is 22.0 Å². The first-order valence-electron chi connectivity index (χ1n) is 8.31. The van der Waals surface area contributed by atoms with E-state index in [1.807, 2.05) is 12.1 Å². The lowest BCUT2D eigenvalue weighted by atomic mass is 10.0. The monoisotopic (exact) mass is 382 g/mol. The number of aliphatic imine (C=N–C) groups is 1. The second kappa shape index (κ2) is 9.43. The number of hydrogen-bond acceptors (Lipinski definition) is 7. The lowest BCUT2D eigenvalue weighted by molar-refractivity contribution is 0.419. The van der Waals surface area contributed by atoms with Gasteiger partial charge in [0.2, 0.25) is 0 Å². The minimum atomic E-state index is -0.282. The number of methoxy groups -OCH3 is 1. The topological polar surface area (TPSA) is 120 Å². The van der Waals surface area contributed by atoms with Crippen LogP contribution >= 0.6 is 0 Å². The lowest BCUT2D eigenvalue weighted by Gasteiger charge is -2.13. The molecule has 8 heteroatoms. The molecule has 0 saturated heterocycles. The Kier molecular flexibility index (Phi) is 7.00. The summed E-state index contributed by atoms with van der Waals surface area (Å²) in [7, 11) is 3.27. The Bertz CT molecular complexity index is 1000. The van der Waals surface area contributed by atoms with E-state index in [0.717, 1.165) is 22.1 Å². The second-order valence-corrected chi connectivity index (χ2v) is 5.79. The van der Waals surface area contributed by atoms with Crippen molar-refractivity contribution >= 4 is 22.9 Å². The van der Waals surface area contributed by atoms with Crippen LogP contribution in [0, 0.1) is 5.82 Å². The number of nitrogens with two attached hydrogens (primary N) is 1. The molecule has 0 fully saturated rings. The maximum Gasteiger partial charge on any atom is 0.145 e. The highest BCUT2D eigenvalue weighted by Gasteiger charge is 2.12. The van der Waals surface area contributed by atoms with Gasteiger partial charge in [-0.15, -0.1) is 0 Å². The van der Waals surface area contributed by atoms with E-state index in [1.54, 1.807) is 32.5 Å². The van der Waals surface area contributed by atoms with Crippen molar-refractivity contribution < 1.29 is 9.13 Å². The van der Waals surface area contributed by atoms with Gasteiger partial charge in [0.05, 0.1) is 7.11 Å². The van der Waals surface area contributed by atoms with Crippen molar-refractivity contribution in [1.29, 1.82) is 0 Å². The number of rotatable bonds is 6. The van der Waals surface area contributed by atoms with Crippen LogP contribution in [0.2, 0.25) is 0 Å². The highest BCUT2D eigenvalue weighted by Crippen LogP contribution is 2.34. The molecule has 28 heavy (non-hydrogen) atoms. The third kappa shape index (κ3) is 4.41. The van der Waals surface area contributed by atoms with Crippen LogP contribution in [0.5, 0.6) is 5.75 Å². The zero-order valence-corrected chi connectivity index (χ0v) is 15.8. The molecule has 3 aromatic rings. The van der Waals surface area contributed by atoms with Crippen LogP contribution < -0.4 is 21.9 Å². The standard InChI is InChI=1S/C20H20FN5O.H3N/c1-23-10-13(9-22)11-24-20-17-7-15(14-3-5-16(21)6-4-14)8-18(27-2)19(17)25-12-26-20;/h3-10,12H,11,22H2,1-2H3,(H,24,25,26);1H3/b13-9+,23-10?;. The number of benzene rings is 2. The Balaban J connectivity index is 0.00000280. The minimum Gasteiger partial charge on any atom is -0.494 e. The third-order valence-electron chi connectivity index (χ3n) is 4.07. The summed E-state index contributed by atoms with van der Waals surface area (Å²) in [6.45, 7) is 0.461. The van der Waals surface area contributed by atoms with Gasteiger partial charge in [-0.05, 0) is 35.4 Å². The van der Waals surface area contributed by atoms with Crippen LogP contribution in [0.4, 0.5) is 10.2 Å². The van der Waals surface area contributed by atoms with Crippen LogP contribution in [0.3, 0.4) is 0 Å². The first-order chi connectivity index (χ1) is 13.2. The smallest absolute Gasteiger partial charge is 0.145 e. The fourth-order valence-corrected chi connectivity index (χ4v) is 2.74. The first-order valence-corrected chi connectivity index (χ1v) is 8.31. The van der Waals surface area contributed by atoms with Crippen molar-refractivity contribution in [2.75, 3.05) is 26.0 Å². The zero-order valence-electron chi connectivity index (χ0n) is 15.8. The number of ether oxygens (including phenoxy) is 1. The van der Waals surface area contributed by atoms with Crippen molar-refractivity contribution in [2.45, 2.75) is 0 Å². The Labute approximate surface area is 162 Å². The van der Waals surface area contributed by atoms with Gasteiger partial charge in [-0.25, -0.2) is 14.4 Å². The molecule has 0 aliphatic rings. The maximum absolute atomic E-state index is 13.3. The molecule has 3 rings (SSSR count). The van der Waals surface area contributed by atoms with Gasteiger partial charge < -0.3 is 21.9 Å². The molecule has 0 spiro atoms. The fraction of sp³-hybridized carbons (Fsp3) is 0.150. The van der Waals surface area contributed by atoms with Gasteiger partial charge in [-0.1, -0.05) is 12.1 Å². The molecule has 7 nitrogen and oxygen atoms in total. The summed E-state index contributed by atoms with van der Waals surface area (Å²) in [5, 5.41) is 4.05. The summed E-state index contributed by atoms with van der Waals surface area (Å²) < 4.78 is 18.8. The number of fused-ring (bicyclic) bond motifs is 1. The number of halogens is 1. The third-order valence-corrected chi connectivity index (χ3v) is 4.07. The molecule has 146 valence electrons. The van der Waals surface area contributed by atoms with Crippen molar-refractivity contribution in [3.8, 4) is 16.9 Å². The highest BCUT2D eigenvalue weighted by atomic mass is 19.1. The Hall–Kier alpha value is -3.52. The molecule has 1 aromatic heterocycles. The first kappa shape index (κ1) is 20.8. The van der Waals surface area contributed by atoms with Crippen LogP contribution in [0.15, 0.2) is 59.5 Å². The number of aromatic nitrogens is 2. The number of anilines is 1. The van der Waals surface area contributed by atoms with E-state index in [4.69, 9.17) is 10.5 Å². The van der Waals surface area contributed by atoms with Crippen LogP contribution in [0.1, 0.15) is 0 Å². The molecule has 1 heterocycles. The number of hydrogen-bond donors (Lipinski definition) is 3. The lowest BCUT2D eigenvalue weighted by Crippen LogP contribution is -2.09. The van der Waals surface area contributed by atoms with Crippen molar-refractivity contribution in [3.05, 3.63) is 60.3 Å². The fourth-order valence-electron chi connectivity index (χ4n) is 2.74. The Morgan fingerprint density at radius 3 is 2.61 bits per heavy atom. The molecular formula is C20H23FN6O. The summed E-state index contributed by atoms with van der Waals surface area (Å²) in [6, 6.07) is 10.1. The van der Waals surface area contributed by atoms with Crippen LogP contribution in [-0.4, -0.2) is 36.9 Å². The zero-order chi connectivity index (χ0) is 19.2. The summed E-state index contributed by atoms with van der Waals surface area (Å²) in [5.41, 5.74) is 8.87. The Morgan fingerprint density at radius 2 is 1.96 bits per heavy atom. The van der Waals surface area contributed by atoms with Gasteiger partial charge in [-0.2, -0.15) is 0 Å². The predicted octanol–water partition coefficient (Wildman–Crippen LogP) is 3.56. The predicted molar refractivity (Wildman–Crippen MR) is 112 cm³/mol. The molecule has 0 aliphatic heterocycles. The quantitative estimate of drug-likeness (QED) is 0.561. The van der Waals surface area contributed by atoms with Crippen molar-refractivity contribution in [1.82, 2.24) is 16.1 Å². The normalized spacial score (nSPS) is 11.5.